The third kappa shape index (κ3) is 12.9. The van der Waals surface area contributed by atoms with Gasteiger partial charge in [-0.2, -0.15) is 4.99 Å². The van der Waals surface area contributed by atoms with Crippen molar-refractivity contribution in [2.24, 2.45) is 16.1 Å². The summed E-state index contributed by atoms with van der Waals surface area (Å²) in [7, 11) is 7.25. The number of aliphatic imine (C=N–C) groups is 1. The van der Waals surface area contributed by atoms with E-state index in [1.165, 1.54) is 0 Å². The predicted molar refractivity (Wildman–Crippen MR) is 128 cm³/mol. The van der Waals surface area contributed by atoms with E-state index in [0.29, 0.717) is 22.6 Å². The Morgan fingerprint density at radius 1 is 1.17 bits per heavy atom. The van der Waals surface area contributed by atoms with Crippen molar-refractivity contribution in [3.63, 3.8) is 0 Å². The fraction of sp³-hybridized carbons (Fsp3) is 0.444. The largest absolute Gasteiger partial charge is 0.398 e. The lowest BCUT2D eigenvalue weighted by Gasteiger charge is -2.20. The molecule has 0 heterocycles. The van der Waals surface area contributed by atoms with E-state index in [-0.39, 0.29) is 18.3 Å². The van der Waals surface area contributed by atoms with Crippen molar-refractivity contribution in [1.82, 2.24) is 9.80 Å². The highest BCUT2D eigenvalue weighted by Gasteiger charge is 2.21. The van der Waals surface area contributed by atoms with Crippen molar-refractivity contribution in [2.45, 2.75) is 20.8 Å². The van der Waals surface area contributed by atoms with Crippen LogP contribution in [-0.2, 0) is 9.53 Å². The van der Waals surface area contributed by atoms with E-state index in [9.17, 15) is 4.79 Å². The van der Waals surface area contributed by atoms with Gasteiger partial charge in [0.15, 0.2) is 0 Å². The fourth-order valence-electron chi connectivity index (χ4n) is 1.47. The first-order valence-corrected chi connectivity index (χ1v) is 9.14. The van der Waals surface area contributed by atoms with Crippen LogP contribution in [0.5, 0.6) is 0 Å². The third-order valence-electron chi connectivity index (χ3n) is 2.94. The van der Waals surface area contributed by atoms with Crippen LogP contribution in [0.3, 0.4) is 0 Å². The predicted octanol–water partition coefficient (Wildman–Crippen LogP) is 3.50. The molecule has 1 aromatic rings. The molecule has 0 unspecified atom stereocenters. The van der Waals surface area contributed by atoms with Gasteiger partial charge in [0, 0.05) is 39.3 Å². The van der Waals surface area contributed by atoms with Gasteiger partial charge in [0.1, 0.15) is 0 Å². The van der Waals surface area contributed by atoms with Gasteiger partial charge in [-0.1, -0.05) is 39.5 Å². The monoisotopic (exact) mass is 463 g/mol. The van der Waals surface area contributed by atoms with Crippen molar-refractivity contribution >= 4 is 71.0 Å². The van der Waals surface area contributed by atoms with Gasteiger partial charge in [-0.15, -0.1) is 12.4 Å². The van der Waals surface area contributed by atoms with E-state index < -0.39 is 10.7 Å². The molecule has 0 atom stereocenters. The summed E-state index contributed by atoms with van der Waals surface area (Å²) in [5.74, 6) is -0.0542. The molecule has 3 N–H and O–H groups in total. The molecule has 0 radical (unpaired) electrons. The first-order chi connectivity index (χ1) is 12.7. The number of halogens is 1. The minimum Gasteiger partial charge on any atom is -0.398 e. The van der Waals surface area contributed by atoms with Crippen LogP contribution in [0.2, 0.25) is 0 Å². The minimum absolute atomic E-state index is 0. The van der Waals surface area contributed by atoms with E-state index in [1.54, 1.807) is 30.0 Å². The molecule has 0 aromatic heterocycles. The lowest BCUT2D eigenvalue weighted by molar-refractivity contribution is -0.123. The van der Waals surface area contributed by atoms with Gasteiger partial charge in [0.25, 0.3) is 16.4 Å². The molecular formula is C18H30ClN5O3S2. The lowest BCUT2D eigenvalue weighted by Crippen LogP contribution is -2.32. The summed E-state index contributed by atoms with van der Waals surface area (Å²) in [6.45, 7) is 5.60. The standard InChI is InChI=1S/C17H26N4O2S.CH3NOS.ClH/c1-17(2,3)14(22)18-12-9-8-10-13(11-12)19-15(20(4)5)23-16(24)21(6)7;2-1(3)4;/h8-11H,1-7H3,(H,18,22);(H3,2,3,4);1H. The van der Waals surface area contributed by atoms with Gasteiger partial charge in [0.2, 0.25) is 5.91 Å². The molecule has 29 heavy (non-hydrogen) atoms. The summed E-state index contributed by atoms with van der Waals surface area (Å²) in [6.07, 6.45) is 0. The summed E-state index contributed by atoms with van der Waals surface area (Å²) in [5, 5.41) is 2.57. The van der Waals surface area contributed by atoms with Crippen molar-refractivity contribution in [1.29, 1.82) is 0 Å². The molecule has 164 valence electrons. The van der Waals surface area contributed by atoms with E-state index in [1.807, 2.05) is 53.1 Å². The van der Waals surface area contributed by atoms with Crippen LogP contribution in [-0.4, -0.2) is 60.3 Å². The van der Waals surface area contributed by atoms with Gasteiger partial charge in [-0.25, -0.2) is 0 Å². The number of hydrogen-bond donors (Lipinski definition) is 3. The first-order valence-electron chi connectivity index (χ1n) is 8.29. The first kappa shape index (κ1) is 29.2. The average molecular weight is 464 g/mol. The number of nitrogens with one attached hydrogen (secondary N) is 1. The van der Waals surface area contributed by atoms with Gasteiger partial charge < -0.3 is 25.6 Å². The zero-order chi connectivity index (χ0) is 22.1. The Morgan fingerprint density at radius 2 is 1.69 bits per heavy atom. The number of hydrogen-bond acceptors (Lipinski definition) is 5. The quantitative estimate of drug-likeness (QED) is 0.268. The van der Waals surface area contributed by atoms with E-state index in [0.717, 1.165) is 0 Å². The summed E-state index contributed by atoms with van der Waals surface area (Å²) in [5.41, 5.74) is 5.22. The van der Waals surface area contributed by atoms with Crippen molar-refractivity contribution in [3.05, 3.63) is 24.3 Å². The zero-order valence-electron chi connectivity index (χ0n) is 17.7. The fourth-order valence-corrected chi connectivity index (χ4v) is 1.54. The highest BCUT2D eigenvalue weighted by Crippen LogP contribution is 2.22. The van der Waals surface area contributed by atoms with Crippen LogP contribution in [0.15, 0.2) is 29.3 Å². The molecule has 8 nitrogen and oxygen atoms in total. The summed E-state index contributed by atoms with van der Waals surface area (Å²) < 4.78 is 5.60. The number of thiol groups is 1. The number of anilines is 1. The Morgan fingerprint density at radius 3 is 2.10 bits per heavy atom. The normalized spacial score (nSPS) is 10.6. The van der Waals surface area contributed by atoms with Crippen molar-refractivity contribution in [3.8, 4) is 0 Å². The molecule has 1 aromatic carbocycles. The topological polar surface area (TPSA) is 100 Å². The Balaban J connectivity index is 0. The number of amidine groups is 1. The van der Waals surface area contributed by atoms with Crippen molar-refractivity contribution in [2.75, 3.05) is 33.5 Å². The second-order valence-electron chi connectivity index (χ2n) is 7.14. The van der Waals surface area contributed by atoms with Crippen LogP contribution in [0.25, 0.3) is 0 Å². The Labute approximate surface area is 189 Å². The highest BCUT2D eigenvalue weighted by atomic mass is 35.5. The zero-order valence-corrected chi connectivity index (χ0v) is 20.2. The number of thiocarbonyl (C=S) groups is 1. The smallest absolute Gasteiger partial charge is 0.299 e. The molecule has 0 saturated carbocycles. The summed E-state index contributed by atoms with van der Waals surface area (Å²) in [4.78, 5) is 29.1. The molecule has 0 spiro atoms. The van der Waals surface area contributed by atoms with E-state index in [4.69, 9.17) is 21.7 Å². The number of primary amides is 1. The number of nitrogens with two attached hydrogens (primary N) is 1. The van der Waals surface area contributed by atoms with Crippen molar-refractivity contribution < 1.29 is 14.3 Å². The van der Waals surface area contributed by atoms with Gasteiger partial charge in [0.05, 0.1) is 5.69 Å². The molecule has 0 aliphatic heterocycles. The second-order valence-corrected chi connectivity index (χ2v) is 7.93. The second kappa shape index (κ2) is 13.2. The molecule has 0 aliphatic carbocycles. The molecule has 0 fully saturated rings. The molecule has 0 bridgehead atoms. The molecule has 1 rings (SSSR count). The van der Waals surface area contributed by atoms with Gasteiger partial charge in [-0.3, -0.25) is 9.59 Å². The maximum absolute atomic E-state index is 12.1. The summed E-state index contributed by atoms with van der Waals surface area (Å²) >= 11 is 8.26. The molecule has 11 heteroatoms. The number of ether oxygens (including phenoxy) is 1. The number of carbonyl (C=O) groups excluding carboxylic acids is 2. The van der Waals surface area contributed by atoms with Crippen LogP contribution in [0, 0.1) is 5.41 Å². The molecule has 2 amide bonds. The van der Waals surface area contributed by atoms with Crippen LogP contribution >= 0.6 is 37.3 Å². The molecular weight excluding hydrogens is 434 g/mol. The number of benzene rings is 1. The third-order valence-corrected chi connectivity index (χ3v) is 3.38. The van der Waals surface area contributed by atoms with Crippen LogP contribution in [0.4, 0.5) is 16.2 Å². The lowest BCUT2D eigenvalue weighted by atomic mass is 9.95. The number of carbonyl (C=O) groups is 2. The Bertz CT molecular complexity index is 730. The van der Waals surface area contributed by atoms with Crippen LogP contribution < -0.4 is 11.1 Å². The van der Waals surface area contributed by atoms with E-state index >= 15 is 0 Å². The summed E-state index contributed by atoms with van der Waals surface area (Å²) in [6, 6.07) is 7.64. The minimum atomic E-state index is -0.639. The SMILES string of the molecule is CN(C)C(=S)OC(=Nc1cccc(NC(=O)C(C)(C)C)c1)N(C)C.Cl.NC(=O)S. The average Bonchev–Trinajstić information content (AvgIpc) is 2.52. The Kier molecular flexibility index (Phi) is 13.3. The molecule has 0 aliphatic rings. The molecule has 0 saturated heterocycles. The Hall–Kier alpha value is -2.04. The van der Waals surface area contributed by atoms with E-state index in [2.05, 4.69) is 28.7 Å². The van der Waals surface area contributed by atoms with Gasteiger partial charge >= 0.3 is 0 Å². The number of nitrogens with zero attached hydrogens (tertiary/aromatic N) is 3. The maximum atomic E-state index is 12.1. The van der Waals surface area contributed by atoms with Gasteiger partial charge in [-0.05, 0) is 30.4 Å². The van der Waals surface area contributed by atoms with Crippen LogP contribution in [0.1, 0.15) is 20.8 Å². The highest BCUT2D eigenvalue weighted by molar-refractivity contribution is 7.96. The number of amides is 2. The maximum Gasteiger partial charge on any atom is 0.299 e. The number of rotatable bonds is 2.